The smallest absolute Gasteiger partial charge is 0.131 e. The largest absolute Gasteiger partial charge is 0.375 e. The Kier molecular flexibility index (Phi) is 3.77. The van der Waals surface area contributed by atoms with E-state index in [4.69, 9.17) is 10.5 Å². The molecular formula is C11H15F2NO. The van der Waals surface area contributed by atoms with E-state index in [-0.39, 0.29) is 6.61 Å². The van der Waals surface area contributed by atoms with Crippen LogP contribution in [0, 0.1) is 11.6 Å². The van der Waals surface area contributed by atoms with Crippen molar-refractivity contribution >= 4 is 0 Å². The van der Waals surface area contributed by atoms with Crippen LogP contribution in [0.2, 0.25) is 0 Å². The molecule has 1 rings (SSSR count). The lowest BCUT2D eigenvalue weighted by atomic mass is 10.1. The summed E-state index contributed by atoms with van der Waals surface area (Å²) in [7, 11) is 0. The Bertz CT molecular complexity index is 334. The van der Waals surface area contributed by atoms with Crippen molar-refractivity contribution in [2.75, 3.05) is 6.61 Å². The number of rotatable bonds is 4. The van der Waals surface area contributed by atoms with Crippen LogP contribution in [0.1, 0.15) is 19.4 Å². The molecule has 15 heavy (non-hydrogen) atoms. The molecule has 0 fully saturated rings. The summed E-state index contributed by atoms with van der Waals surface area (Å²) in [5.41, 5.74) is 5.57. The van der Waals surface area contributed by atoms with Crippen LogP contribution in [0.15, 0.2) is 18.2 Å². The topological polar surface area (TPSA) is 35.2 Å². The van der Waals surface area contributed by atoms with Gasteiger partial charge in [-0.1, -0.05) is 6.07 Å². The Morgan fingerprint density at radius 1 is 1.33 bits per heavy atom. The fourth-order valence-corrected chi connectivity index (χ4v) is 1.06. The Balaban J connectivity index is 2.51. The van der Waals surface area contributed by atoms with E-state index in [2.05, 4.69) is 0 Å². The molecular weight excluding hydrogens is 200 g/mol. The van der Waals surface area contributed by atoms with Crippen molar-refractivity contribution in [3.05, 3.63) is 35.4 Å². The van der Waals surface area contributed by atoms with Crippen LogP contribution >= 0.6 is 0 Å². The van der Waals surface area contributed by atoms with Crippen LogP contribution in [-0.4, -0.2) is 12.1 Å². The third-order valence-electron chi connectivity index (χ3n) is 1.75. The predicted octanol–water partition coefficient (Wildman–Crippen LogP) is 2.22. The average molecular weight is 215 g/mol. The highest BCUT2D eigenvalue weighted by molar-refractivity contribution is 5.17. The van der Waals surface area contributed by atoms with Gasteiger partial charge in [0.15, 0.2) is 0 Å². The summed E-state index contributed by atoms with van der Waals surface area (Å²) < 4.78 is 30.9. The molecule has 0 saturated heterocycles. The van der Waals surface area contributed by atoms with Gasteiger partial charge in [0, 0.05) is 17.2 Å². The van der Waals surface area contributed by atoms with Crippen molar-refractivity contribution in [2.45, 2.75) is 26.0 Å². The fraction of sp³-hybridized carbons (Fsp3) is 0.455. The molecule has 1 aromatic carbocycles. The van der Waals surface area contributed by atoms with Gasteiger partial charge >= 0.3 is 0 Å². The van der Waals surface area contributed by atoms with Crippen molar-refractivity contribution in [1.29, 1.82) is 0 Å². The lowest BCUT2D eigenvalue weighted by Crippen LogP contribution is -2.37. The first-order valence-electron chi connectivity index (χ1n) is 4.69. The van der Waals surface area contributed by atoms with Gasteiger partial charge in [0.05, 0.1) is 13.2 Å². The van der Waals surface area contributed by atoms with E-state index < -0.39 is 17.2 Å². The zero-order valence-corrected chi connectivity index (χ0v) is 8.89. The van der Waals surface area contributed by atoms with Crippen LogP contribution in [0.3, 0.4) is 0 Å². The van der Waals surface area contributed by atoms with E-state index >= 15 is 0 Å². The van der Waals surface area contributed by atoms with Gasteiger partial charge < -0.3 is 10.5 Å². The number of hydrogen-bond acceptors (Lipinski definition) is 2. The zero-order valence-electron chi connectivity index (χ0n) is 8.89. The lowest BCUT2D eigenvalue weighted by Gasteiger charge is -2.18. The van der Waals surface area contributed by atoms with Crippen LogP contribution in [0.4, 0.5) is 8.78 Å². The first-order valence-corrected chi connectivity index (χ1v) is 4.69. The maximum absolute atomic E-state index is 13.1. The maximum atomic E-state index is 13.1. The Labute approximate surface area is 88.0 Å². The average Bonchev–Trinajstić information content (AvgIpc) is 2.07. The maximum Gasteiger partial charge on any atom is 0.131 e. The number of nitrogens with two attached hydrogens (primary N) is 1. The van der Waals surface area contributed by atoms with E-state index in [1.807, 2.05) is 13.8 Å². The van der Waals surface area contributed by atoms with Crippen molar-refractivity contribution in [3.8, 4) is 0 Å². The van der Waals surface area contributed by atoms with Crippen molar-refractivity contribution in [3.63, 3.8) is 0 Å². The number of halogens is 2. The first kappa shape index (κ1) is 12.1. The molecule has 0 aliphatic carbocycles. The molecule has 0 amide bonds. The van der Waals surface area contributed by atoms with Gasteiger partial charge in [0.2, 0.25) is 0 Å². The molecule has 0 aliphatic rings. The SMILES string of the molecule is CC(C)(N)COCc1ccc(F)cc1F. The van der Waals surface area contributed by atoms with Gasteiger partial charge in [-0.25, -0.2) is 8.78 Å². The van der Waals surface area contributed by atoms with Crippen LogP contribution in [0.25, 0.3) is 0 Å². The number of ether oxygens (including phenoxy) is 1. The van der Waals surface area contributed by atoms with Gasteiger partial charge in [0.25, 0.3) is 0 Å². The lowest BCUT2D eigenvalue weighted by molar-refractivity contribution is 0.0832. The molecule has 0 heterocycles. The van der Waals surface area contributed by atoms with Gasteiger partial charge in [-0.15, -0.1) is 0 Å². The van der Waals surface area contributed by atoms with Crippen molar-refractivity contribution in [1.82, 2.24) is 0 Å². The third-order valence-corrected chi connectivity index (χ3v) is 1.75. The summed E-state index contributed by atoms with van der Waals surface area (Å²) in [6.45, 7) is 4.05. The zero-order chi connectivity index (χ0) is 11.5. The van der Waals surface area contributed by atoms with Gasteiger partial charge in [-0.2, -0.15) is 0 Å². The Morgan fingerprint density at radius 3 is 2.53 bits per heavy atom. The molecule has 2 N–H and O–H groups in total. The third kappa shape index (κ3) is 4.36. The molecule has 0 unspecified atom stereocenters. The van der Waals surface area contributed by atoms with Gasteiger partial charge in [0.1, 0.15) is 11.6 Å². The minimum Gasteiger partial charge on any atom is -0.375 e. The molecule has 0 aromatic heterocycles. The second-order valence-electron chi connectivity index (χ2n) is 4.22. The molecule has 0 aliphatic heterocycles. The summed E-state index contributed by atoms with van der Waals surface area (Å²) in [5.74, 6) is -1.18. The second-order valence-corrected chi connectivity index (χ2v) is 4.22. The fourth-order valence-electron chi connectivity index (χ4n) is 1.06. The highest BCUT2D eigenvalue weighted by Gasteiger charge is 2.11. The second kappa shape index (κ2) is 4.68. The molecule has 0 saturated carbocycles. The van der Waals surface area contributed by atoms with Crippen molar-refractivity contribution < 1.29 is 13.5 Å². The van der Waals surface area contributed by atoms with Crippen LogP contribution in [0.5, 0.6) is 0 Å². The summed E-state index contributed by atoms with van der Waals surface area (Å²) in [6.07, 6.45) is 0. The highest BCUT2D eigenvalue weighted by atomic mass is 19.1. The molecule has 0 bridgehead atoms. The monoisotopic (exact) mass is 215 g/mol. The van der Waals surface area contributed by atoms with E-state index in [1.165, 1.54) is 12.1 Å². The highest BCUT2D eigenvalue weighted by Crippen LogP contribution is 2.11. The summed E-state index contributed by atoms with van der Waals surface area (Å²) in [6, 6.07) is 3.41. The molecule has 0 atom stereocenters. The van der Waals surface area contributed by atoms with E-state index in [9.17, 15) is 8.78 Å². The molecule has 84 valence electrons. The van der Waals surface area contributed by atoms with E-state index in [0.29, 0.717) is 12.2 Å². The van der Waals surface area contributed by atoms with E-state index in [1.54, 1.807) is 0 Å². The van der Waals surface area contributed by atoms with Crippen molar-refractivity contribution in [2.24, 2.45) is 5.73 Å². The van der Waals surface area contributed by atoms with Gasteiger partial charge in [-0.05, 0) is 19.9 Å². The summed E-state index contributed by atoms with van der Waals surface area (Å²) in [5, 5.41) is 0. The summed E-state index contributed by atoms with van der Waals surface area (Å²) in [4.78, 5) is 0. The van der Waals surface area contributed by atoms with Crippen LogP contribution < -0.4 is 5.73 Å². The molecule has 0 spiro atoms. The van der Waals surface area contributed by atoms with Gasteiger partial charge in [-0.3, -0.25) is 0 Å². The minimum atomic E-state index is -0.593. The van der Waals surface area contributed by atoms with E-state index in [0.717, 1.165) is 6.07 Å². The summed E-state index contributed by atoms with van der Waals surface area (Å²) >= 11 is 0. The quantitative estimate of drug-likeness (QED) is 0.835. The molecule has 0 radical (unpaired) electrons. The molecule has 2 nitrogen and oxygen atoms in total. The molecule has 1 aromatic rings. The Hall–Kier alpha value is -1.00. The molecule has 4 heteroatoms. The number of benzene rings is 1. The predicted molar refractivity (Wildman–Crippen MR) is 54.3 cm³/mol. The standard InChI is InChI=1S/C11H15F2NO/c1-11(2,14)7-15-6-8-3-4-9(12)5-10(8)13/h3-5H,6-7,14H2,1-2H3. The number of hydrogen-bond donors (Lipinski definition) is 1. The Morgan fingerprint density at radius 2 is 2.00 bits per heavy atom. The first-order chi connectivity index (χ1) is 6.88. The van der Waals surface area contributed by atoms with Crippen LogP contribution in [-0.2, 0) is 11.3 Å². The normalized spacial score (nSPS) is 11.8. The minimum absolute atomic E-state index is 0.104.